The number of methoxy groups -OCH3 is 1. The second kappa shape index (κ2) is 5.89. The minimum atomic E-state index is -0.424. The molecule has 0 bridgehead atoms. The lowest BCUT2D eigenvalue weighted by Crippen LogP contribution is -2.55. The van der Waals surface area contributed by atoms with E-state index in [4.69, 9.17) is 10.5 Å². The average Bonchev–Trinajstić information content (AvgIpc) is 2.54. The highest BCUT2D eigenvalue weighted by Crippen LogP contribution is 2.27. The predicted octanol–water partition coefficient (Wildman–Crippen LogP) is 1.12. The second-order valence-corrected chi connectivity index (χ2v) is 5.73. The van der Waals surface area contributed by atoms with Crippen molar-refractivity contribution < 1.29 is 9.53 Å². The Kier molecular flexibility index (Phi) is 3.96. The van der Waals surface area contributed by atoms with Gasteiger partial charge in [0.25, 0.3) is 0 Å². The fourth-order valence-corrected chi connectivity index (χ4v) is 3.28. The van der Waals surface area contributed by atoms with Crippen molar-refractivity contribution in [1.82, 2.24) is 9.88 Å². The highest BCUT2D eigenvalue weighted by molar-refractivity contribution is 5.88. The van der Waals surface area contributed by atoms with E-state index in [0.29, 0.717) is 23.2 Å². The molecule has 0 aromatic carbocycles. The lowest BCUT2D eigenvalue weighted by molar-refractivity contribution is 0.0594. The molecule has 2 fully saturated rings. The molecule has 3 rings (SSSR count). The van der Waals surface area contributed by atoms with Crippen molar-refractivity contribution in [2.75, 3.05) is 43.9 Å². The smallest absolute Gasteiger partial charge is 0.356 e. The summed E-state index contributed by atoms with van der Waals surface area (Å²) in [4.78, 5) is 20.8. The number of aromatic nitrogens is 1. The molecule has 0 aliphatic carbocycles. The fourth-order valence-electron chi connectivity index (χ4n) is 3.28. The maximum Gasteiger partial charge on any atom is 0.356 e. The van der Waals surface area contributed by atoms with Crippen LogP contribution >= 0.6 is 0 Å². The Balaban J connectivity index is 1.81. The van der Waals surface area contributed by atoms with Crippen LogP contribution in [0.5, 0.6) is 0 Å². The lowest BCUT2D eigenvalue weighted by atomic mass is 9.99. The van der Waals surface area contributed by atoms with Crippen molar-refractivity contribution in [3.8, 4) is 0 Å². The number of piperazine rings is 1. The number of hydrogen-bond donors (Lipinski definition) is 1. The molecule has 2 N–H and O–H groups in total. The Labute approximate surface area is 124 Å². The van der Waals surface area contributed by atoms with Gasteiger partial charge in [-0.15, -0.1) is 0 Å². The standard InChI is InChI=1S/C15H22N4O2/c1-21-15(20)13-6-5-12(16)14(17-13)19-9-8-18-7-3-2-4-11(18)10-19/h5-6,11H,2-4,7-10,16H2,1H3. The largest absolute Gasteiger partial charge is 0.464 e. The number of ether oxygens (including phenoxy) is 1. The summed E-state index contributed by atoms with van der Waals surface area (Å²) in [7, 11) is 1.36. The highest BCUT2D eigenvalue weighted by Gasteiger charge is 2.30. The molecule has 114 valence electrons. The van der Waals surface area contributed by atoms with Crippen molar-refractivity contribution >= 4 is 17.5 Å². The summed E-state index contributed by atoms with van der Waals surface area (Å²) in [5.74, 6) is 0.288. The first-order valence-corrected chi connectivity index (χ1v) is 7.53. The van der Waals surface area contributed by atoms with Gasteiger partial charge in [0.1, 0.15) is 0 Å². The molecular formula is C15H22N4O2. The number of carbonyl (C=O) groups excluding carboxylic acids is 1. The maximum absolute atomic E-state index is 11.6. The van der Waals surface area contributed by atoms with Crippen LogP contribution < -0.4 is 10.6 Å². The van der Waals surface area contributed by atoms with Crippen molar-refractivity contribution in [3.63, 3.8) is 0 Å². The second-order valence-electron chi connectivity index (χ2n) is 5.73. The highest BCUT2D eigenvalue weighted by atomic mass is 16.5. The number of nitrogens with two attached hydrogens (primary N) is 1. The first-order valence-electron chi connectivity index (χ1n) is 7.53. The van der Waals surface area contributed by atoms with Gasteiger partial charge in [0.2, 0.25) is 0 Å². The summed E-state index contributed by atoms with van der Waals surface area (Å²) in [6, 6.07) is 3.93. The topological polar surface area (TPSA) is 71.7 Å². The number of carbonyl (C=O) groups is 1. The Hall–Kier alpha value is -1.82. The van der Waals surface area contributed by atoms with E-state index < -0.39 is 5.97 Å². The van der Waals surface area contributed by atoms with E-state index in [0.717, 1.165) is 19.6 Å². The molecule has 1 aromatic rings. The van der Waals surface area contributed by atoms with E-state index in [1.165, 1.54) is 32.9 Å². The number of fused-ring (bicyclic) bond motifs is 1. The first kappa shape index (κ1) is 14.1. The number of rotatable bonds is 2. The number of piperidine rings is 1. The van der Waals surface area contributed by atoms with E-state index in [1.54, 1.807) is 12.1 Å². The minimum absolute atomic E-state index is 0.313. The molecule has 1 aromatic heterocycles. The molecule has 0 saturated carbocycles. The van der Waals surface area contributed by atoms with Gasteiger partial charge < -0.3 is 15.4 Å². The Morgan fingerprint density at radius 2 is 2.19 bits per heavy atom. The van der Waals surface area contributed by atoms with Gasteiger partial charge in [0.05, 0.1) is 12.8 Å². The molecule has 0 radical (unpaired) electrons. The molecule has 2 saturated heterocycles. The van der Waals surface area contributed by atoms with Gasteiger partial charge >= 0.3 is 5.97 Å². The van der Waals surface area contributed by atoms with Crippen molar-refractivity contribution in [3.05, 3.63) is 17.8 Å². The maximum atomic E-state index is 11.6. The molecule has 6 heteroatoms. The van der Waals surface area contributed by atoms with Crippen LogP contribution in [0, 0.1) is 0 Å². The van der Waals surface area contributed by atoms with Gasteiger partial charge in [-0.25, -0.2) is 9.78 Å². The molecule has 1 unspecified atom stereocenters. The van der Waals surface area contributed by atoms with Crippen LogP contribution in [-0.4, -0.2) is 55.2 Å². The van der Waals surface area contributed by atoms with E-state index >= 15 is 0 Å². The van der Waals surface area contributed by atoms with Gasteiger partial charge in [0, 0.05) is 25.7 Å². The summed E-state index contributed by atoms with van der Waals surface area (Å²) >= 11 is 0. The number of esters is 1. The van der Waals surface area contributed by atoms with Crippen molar-refractivity contribution in [2.24, 2.45) is 0 Å². The zero-order chi connectivity index (χ0) is 14.8. The first-order chi connectivity index (χ1) is 10.2. The molecule has 1 atom stereocenters. The molecule has 0 spiro atoms. The van der Waals surface area contributed by atoms with Gasteiger partial charge in [-0.3, -0.25) is 4.90 Å². The average molecular weight is 290 g/mol. The van der Waals surface area contributed by atoms with Crippen LogP contribution in [0.3, 0.4) is 0 Å². The van der Waals surface area contributed by atoms with Gasteiger partial charge in [-0.05, 0) is 31.5 Å². The van der Waals surface area contributed by atoms with Crippen LogP contribution in [0.2, 0.25) is 0 Å². The molecule has 2 aliphatic rings. The Morgan fingerprint density at radius 1 is 1.33 bits per heavy atom. The summed E-state index contributed by atoms with van der Waals surface area (Å²) in [6.07, 6.45) is 3.82. The summed E-state index contributed by atoms with van der Waals surface area (Å²) in [5.41, 5.74) is 6.99. The zero-order valence-electron chi connectivity index (χ0n) is 12.4. The number of hydrogen-bond acceptors (Lipinski definition) is 6. The third-order valence-electron chi connectivity index (χ3n) is 4.44. The zero-order valence-corrected chi connectivity index (χ0v) is 12.4. The molecule has 2 aliphatic heterocycles. The quantitative estimate of drug-likeness (QED) is 0.823. The number of anilines is 2. The van der Waals surface area contributed by atoms with Gasteiger partial charge in [-0.1, -0.05) is 6.42 Å². The molecule has 3 heterocycles. The lowest BCUT2D eigenvalue weighted by Gasteiger charge is -2.44. The molecule has 6 nitrogen and oxygen atoms in total. The Morgan fingerprint density at radius 3 is 3.00 bits per heavy atom. The SMILES string of the molecule is COC(=O)c1ccc(N)c(N2CCN3CCCCC3C2)n1. The van der Waals surface area contributed by atoms with Crippen LogP contribution in [-0.2, 0) is 4.74 Å². The third kappa shape index (κ3) is 2.81. The van der Waals surface area contributed by atoms with Crippen molar-refractivity contribution in [2.45, 2.75) is 25.3 Å². The normalized spacial score (nSPS) is 22.7. The Bertz CT molecular complexity index is 534. The summed E-state index contributed by atoms with van der Waals surface area (Å²) < 4.78 is 4.74. The summed E-state index contributed by atoms with van der Waals surface area (Å²) in [5, 5.41) is 0. The number of nitrogen functional groups attached to an aromatic ring is 1. The predicted molar refractivity (Wildman–Crippen MR) is 81.4 cm³/mol. The molecule has 21 heavy (non-hydrogen) atoms. The van der Waals surface area contributed by atoms with Gasteiger partial charge in [-0.2, -0.15) is 0 Å². The van der Waals surface area contributed by atoms with Gasteiger partial charge in [0.15, 0.2) is 11.5 Å². The fraction of sp³-hybridized carbons (Fsp3) is 0.600. The van der Waals surface area contributed by atoms with Crippen LogP contribution in [0.4, 0.5) is 11.5 Å². The van der Waals surface area contributed by atoms with E-state index in [2.05, 4.69) is 14.8 Å². The monoisotopic (exact) mass is 290 g/mol. The van der Waals surface area contributed by atoms with Crippen LogP contribution in [0.15, 0.2) is 12.1 Å². The molecule has 0 amide bonds. The van der Waals surface area contributed by atoms with E-state index in [-0.39, 0.29) is 0 Å². The number of nitrogens with zero attached hydrogens (tertiary/aromatic N) is 3. The summed E-state index contributed by atoms with van der Waals surface area (Å²) in [6.45, 7) is 4.07. The van der Waals surface area contributed by atoms with Crippen LogP contribution in [0.25, 0.3) is 0 Å². The number of pyridine rings is 1. The minimum Gasteiger partial charge on any atom is -0.464 e. The van der Waals surface area contributed by atoms with E-state index in [9.17, 15) is 4.79 Å². The van der Waals surface area contributed by atoms with E-state index in [1.807, 2.05) is 0 Å². The molecular weight excluding hydrogens is 268 g/mol. The third-order valence-corrected chi connectivity index (χ3v) is 4.44. The van der Waals surface area contributed by atoms with Crippen molar-refractivity contribution in [1.29, 1.82) is 0 Å². The van der Waals surface area contributed by atoms with Crippen LogP contribution in [0.1, 0.15) is 29.8 Å².